The van der Waals surface area contributed by atoms with Crippen LogP contribution in [0, 0.1) is 5.92 Å². The lowest BCUT2D eigenvalue weighted by Crippen LogP contribution is -2.09. The fourth-order valence-electron chi connectivity index (χ4n) is 0.806. The lowest BCUT2D eigenvalue weighted by molar-refractivity contribution is 0.530. The van der Waals surface area contributed by atoms with Gasteiger partial charge in [0.1, 0.15) is 0 Å². The molecule has 0 aliphatic heterocycles. The largest absolute Gasteiger partial charge is 0.232 e. The molecule has 0 bridgehead atoms. The van der Waals surface area contributed by atoms with Crippen LogP contribution in [-0.2, 0) is 9.05 Å². The van der Waals surface area contributed by atoms with Crippen molar-refractivity contribution < 1.29 is 8.42 Å². The molecular formula is C6H13ClO2S. The van der Waals surface area contributed by atoms with Crippen LogP contribution in [0.4, 0.5) is 0 Å². The highest BCUT2D eigenvalue weighted by Crippen LogP contribution is 2.12. The molecule has 0 radical (unpaired) electrons. The smallest absolute Gasteiger partial charge is 0.212 e. The van der Waals surface area contributed by atoms with Gasteiger partial charge in [-0.2, -0.15) is 0 Å². The molecule has 0 amide bonds. The fraction of sp³-hybridized carbons (Fsp3) is 1.00. The summed E-state index contributed by atoms with van der Waals surface area (Å²) in [6, 6.07) is 0. The van der Waals surface area contributed by atoms with Crippen LogP contribution in [0.2, 0.25) is 0 Å². The quantitative estimate of drug-likeness (QED) is 0.627. The van der Waals surface area contributed by atoms with Crippen LogP contribution in [0.15, 0.2) is 0 Å². The number of hydrogen-bond acceptors (Lipinski definition) is 2. The third-order valence-corrected chi connectivity index (χ3v) is 2.84. The molecule has 0 unspecified atom stereocenters. The first-order valence-electron chi connectivity index (χ1n) is 3.42. The molecule has 0 aromatic carbocycles. The van der Waals surface area contributed by atoms with E-state index in [4.69, 9.17) is 10.7 Å². The van der Waals surface area contributed by atoms with Gasteiger partial charge in [0.15, 0.2) is 0 Å². The average Bonchev–Trinajstić information content (AvgIpc) is 1.81. The molecule has 0 aliphatic rings. The van der Waals surface area contributed by atoms with Gasteiger partial charge in [0, 0.05) is 10.7 Å². The van der Waals surface area contributed by atoms with E-state index in [1.54, 1.807) is 0 Å². The van der Waals surface area contributed by atoms with Gasteiger partial charge in [0.25, 0.3) is 0 Å². The van der Waals surface area contributed by atoms with E-state index in [9.17, 15) is 8.42 Å². The topological polar surface area (TPSA) is 34.1 Å². The van der Waals surface area contributed by atoms with E-state index in [1.165, 1.54) is 0 Å². The van der Waals surface area contributed by atoms with Crippen molar-refractivity contribution in [1.29, 1.82) is 0 Å². The molecule has 0 saturated carbocycles. The zero-order chi connectivity index (χ0) is 8.20. The van der Waals surface area contributed by atoms with Crippen molar-refractivity contribution in [3.8, 4) is 0 Å². The Morgan fingerprint density at radius 1 is 1.30 bits per heavy atom. The summed E-state index contributed by atoms with van der Waals surface area (Å²) in [7, 11) is 1.78. The maximum absolute atomic E-state index is 10.5. The summed E-state index contributed by atoms with van der Waals surface area (Å²) in [5.74, 6) is 0.337. The molecule has 62 valence electrons. The van der Waals surface area contributed by atoms with Gasteiger partial charge in [0.05, 0.1) is 5.75 Å². The Labute approximate surface area is 67.0 Å². The standard InChI is InChI=1S/C6H13ClO2S/c1-3-6(4-2)5-10(7,8)9/h6H,3-5H2,1-2H3. The van der Waals surface area contributed by atoms with E-state index >= 15 is 0 Å². The normalized spacial score (nSPS) is 12.4. The van der Waals surface area contributed by atoms with Gasteiger partial charge in [-0.15, -0.1) is 0 Å². The Kier molecular flexibility index (Phi) is 4.29. The highest BCUT2D eigenvalue weighted by molar-refractivity contribution is 8.13. The Bertz CT molecular complexity index is 170. The van der Waals surface area contributed by atoms with E-state index in [0.717, 1.165) is 12.8 Å². The van der Waals surface area contributed by atoms with E-state index in [-0.39, 0.29) is 11.7 Å². The van der Waals surface area contributed by atoms with Gasteiger partial charge in [-0.25, -0.2) is 8.42 Å². The second-order valence-corrected chi connectivity index (χ2v) is 5.21. The van der Waals surface area contributed by atoms with Crippen molar-refractivity contribution in [1.82, 2.24) is 0 Å². The Morgan fingerprint density at radius 2 is 1.70 bits per heavy atom. The van der Waals surface area contributed by atoms with Crippen molar-refractivity contribution in [3.63, 3.8) is 0 Å². The summed E-state index contributed by atoms with van der Waals surface area (Å²) >= 11 is 0. The molecule has 0 rings (SSSR count). The molecule has 2 nitrogen and oxygen atoms in total. The number of hydrogen-bond donors (Lipinski definition) is 0. The van der Waals surface area contributed by atoms with Gasteiger partial charge >= 0.3 is 0 Å². The van der Waals surface area contributed by atoms with Crippen LogP contribution in [0.1, 0.15) is 26.7 Å². The Balaban J connectivity index is 3.87. The first kappa shape index (κ1) is 10.2. The van der Waals surface area contributed by atoms with Crippen molar-refractivity contribution in [2.75, 3.05) is 5.75 Å². The lowest BCUT2D eigenvalue weighted by atomic mass is 10.1. The molecule has 0 saturated heterocycles. The van der Waals surface area contributed by atoms with Crippen molar-refractivity contribution >= 4 is 19.7 Å². The third-order valence-electron chi connectivity index (χ3n) is 1.59. The monoisotopic (exact) mass is 184 g/mol. The molecule has 0 atom stereocenters. The van der Waals surface area contributed by atoms with E-state index in [2.05, 4.69) is 0 Å². The van der Waals surface area contributed by atoms with Crippen molar-refractivity contribution in [2.24, 2.45) is 5.92 Å². The molecule has 0 N–H and O–H groups in total. The molecule has 4 heteroatoms. The highest BCUT2D eigenvalue weighted by atomic mass is 35.7. The van der Waals surface area contributed by atoms with Crippen molar-refractivity contribution in [2.45, 2.75) is 26.7 Å². The highest BCUT2D eigenvalue weighted by Gasteiger charge is 2.12. The van der Waals surface area contributed by atoms with E-state index in [1.807, 2.05) is 13.8 Å². The Morgan fingerprint density at radius 3 is 1.80 bits per heavy atom. The summed E-state index contributed by atoms with van der Waals surface area (Å²) in [6.45, 7) is 3.94. The summed E-state index contributed by atoms with van der Waals surface area (Å²) in [5, 5.41) is 0. The molecule has 0 fully saturated rings. The van der Waals surface area contributed by atoms with Crippen LogP contribution in [0.25, 0.3) is 0 Å². The predicted octanol–water partition coefficient (Wildman–Crippen LogP) is 1.99. The Hall–Kier alpha value is 0.240. The molecule has 0 aromatic rings. The number of rotatable bonds is 4. The number of halogens is 1. The summed E-state index contributed by atoms with van der Waals surface area (Å²) in [5.41, 5.74) is 0. The molecule has 0 aromatic heterocycles. The second-order valence-electron chi connectivity index (χ2n) is 2.39. The van der Waals surface area contributed by atoms with Crippen molar-refractivity contribution in [3.05, 3.63) is 0 Å². The summed E-state index contributed by atoms with van der Waals surface area (Å²) < 4.78 is 21.0. The average molecular weight is 185 g/mol. The first-order chi connectivity index (χ1) is 4.49. The van der Waals surface area contributed by atoms with Gasteiger partial charge < -0.3 is 0 Å². The van der Waals surface area contributed by atoms with Gasteiger partial charge in [-0.3, -0.25) is 0 Å². The minimum Gasteiger partial charge on any atom is -0.212 e. The van der Waals surface area contributed by atoms with Crippen LogP contribution in [0.5, 0.6) is 0 Å². The van der Waals surface area contributed by atoms with Crippen LogP contribution < -0.4 is 0 Å². The molecular weight excluding hydrogens is 172 g/mol. The zero-order valence-corrected chi connectivity index (χ0v) is 7.87. The van der Waals surface area contributed by atoms with Gasteiger partial charge in [0.2, 0.25) is 9.05 Å². The minimum absolute atomic E-state index is 0.113. The third kappa shape index (κ3) is 5.06. The molecule has 0 heterocycles. The SMILES string of the molecule is CCC(CC)CS(=O)(=O)Cl. The summed E-state index contributed by atoms with van der Waals surface area (Å²) in [6.07, 6.45) is 1.75. The van der Waals surface area contributed by atoms with Crippen LogP contribution in [0.3, 0.4) is 0 Å². The fourth-order valence-corrected chi connectivity index (χ4v) is 2.37. The maximum atomic E-state index is 10.5. The van der Waals surface area contributed by atoms with E-state index in [0.29, 0.717) is 0 Å². The van der Waals surface area contributed by atoms with Gasteiger partial charge in [-0.1, -0.05) is 26.7 Å². The molecule has 10 heavy (non-hydrogen) atoms. The zero-order valence-electron chi connectivity index (χ0n) is 6.30. The second kappa shape index (κ2) is 4.19. The lowest BCUT2D eigenvalue weighted by Gasteiger charge is -2.07. The maximum Gasteiger partial charge on any atom is 0.232 e. The minimum atomic E-state index is -3.28. The van der Waals surface area contributed by atoms with Crippen LogP contribution >= 0.6 is 10.7 Å². The predicted molar refractivity (Wildman–Crippen MR) is 43.7 cm³/mol. The van der Waals surface area contributed by atoms with E-state index < -0.39 is 9.05 Å². The van der Waals surface area contributed by atoms with Crippen LogP contribution in [-0.4, -0.2) is 14.2 Å². The first-order valence-corrected chi connectivity index (χ1v) is 5.89. The molecule has 0 spiro atoms. The van der Waals surface area contributed by atoms with Gasteiger partial charge in [-0.05, 0) is 5.92 Å². The molecule has 0 aliphatic carbocycles. The summed E-state index contributed by atoms with van der Waals surface area (Å²) in [4.78, 5) is 0.